The molecule has 1 aromatic carbocycles. The highest BCUT2D eigenvalue weighted by Crippen LogP contribution is 2.14. The summed E-state index contributed by atoms with van der Waals surface area (Å²) in [5.41, 5.74) is 8.54. The van der Waals surface area contributed by atoms with Crippen LogP contribution in [0.1, 0.15) is 24.5 Å². The van der Waals surface area contributed by atoms with Crippen LogP contribution in [0.2, 0.25) is 0 Å². The Kier molecular flexibility index (Phi) is 4.94. The van der Waals surface area contributed by atoms with E-state index in [1.807, 2.05) is 25.1 Å². The fourth-order valence-electron chi connectivity index (χ4n) is 1.19. The number of nitrogens with two attached hydrogens (primary N) is 1. The molecule has 0 fully saturated rings. The number of anilines is 1. The summed E-state index contributed by atoms with van der Waals surface area (Å²) < 4.78 is 0. The Hall–Kier alpha value is -1.40. The molecular formula is C13H15NOS. The van der Waals surface area contributed by atoms with Crippen LogP contribution >= 0.6 is 11.8 Å². The Morgan fingerprint density at radius 3 is 2.94 bits per heavy atom. The van der Waals surface area contributed by atoms with E-state index in [1.165, 1.54) is 11.8 Å². The van der Waals surface area contributed by atoms with E-state index in [0.29, 0.717) is 6.42 Å². The van der Waals surface area contributed by atoms with E-state index >= 15 is 0 Å². The number of aryl methyl sites for hydroxylation is 1. The van der Waals surface area contributed by atoms with Crippen LogP contribution in [-0.4, -0.2) is 10.9 Å². The first-order valence-corrected chi connectivity index (χ1v) is 6.07. The smallest absolute Gasteiger partial charge is 0.185 e. The summed E-state index contributed by atoms with van der Waals surface area (Å²) in [4.78, 5) is 10.7. The van der Waals surface area contributed by atoms with E-state index in [9.17, 15) is 4.79 Å². The number of para-hydroxylation sites is 1. The first kappa shape index (κ1) is 12.7. The number of nitrogen functional groups attached to an aromatic ring is 1. The Morgan fingerprint density at radius 2 is 2.25 bits per heavy atom. The molecular weight excluding hydrogens is 218 g/mol. The van der Waals surface area contributed by atoms with Crippen LogP contribution < -0.4 is 5.73 Å². The summed E-state index contributed by atoms with van der Waals surface area (Å²) in [7, 11) is 0. The van der Waals surface area contributed by atoms with Gasteiger partial charge in [0.25, 0.3) is 0 Å². The fourth-order valence-corrected chi connectivity index (χ4v) is 1.68. The molecule has 2 nitrogen and oxygen atoms in total. The average Bonchev–Trinajstić information content (AvgIpc) is 2.23. The van der Waals surface area contributed by atoms with Crippen LogP contribution in [0.3, 0.4) is 0 Å². The molecule has 0 aromatic heterocycles. The van der Waals surface area contributed by atoms with Crippen molar-refractivity contribution >= 4 is 22.6 Å². The van der Waals surface area contributed by atoms with Gasteiger partial charge in [0, 0.05) is 24.7 Å². The van der Waals surface area contributed by atoms with Gasteiger partial charge in [0.15, 0.2) is 5.12 Å². The minimum absolute atomic E-state index is 0.136. The number of hydrogen-bond acceptors (Lipinski definition) is 3. The molecule has 0 aliphatic rings. The molecule has 0 aliphatic heterocycles. The van der Waals surface area contributed by atoms with Crippen LogP contribution in [0.4, 0.5) is 5.69 Å². The van der Waals surface area contributed by atoms with E-state index in [4.69, 9.17) is 5.73 Å². The maximum Gasteiger partial charge on any atom is 0.185 e. The van der Waals surface area contributed by atoms with Gasteiger partial charge < -0.3 is 5.73 Å². The van der Waals surface area contributed by atoms with Gasteiger partial charge in [-0.2, -0.15) is 0 Å². The summed E-state index contributed by atoms with van der Waals surface area (Å²) >= 11 is 1.30. The lowest BCUT2D eigenvalue weighted by atomic mass is 10.1. The molecule has 1 aromatic rings. The monoisotopic (exact) mass is 233 g/mol. The Morgan fingerprint density at radius 1 is 1.50 bits per heavy atom. The van der Waals surface area contributed by atoms with Crippen LogP contribution in [0, 0.1) is 18.8 Å². The first-order valence-electron chi connectivity index (χ1n) is 5.08. The normalized spacial score (nSPS) is 9.38. The Labute approximate surface area is 101 Å². The highest BCUT2D eigenvalue weighted by molar-refractivity contribution is 8.13. The average molecular weight is 233 g/mol. The second-order valence-corrected chi connectivity index (χ2v) is 4.70. The van der Waals surface area contributed by atoms with Crippen molar-refractivity contribution in [3.05, 3.63) is 29.3 Å². The molecule has 0 saturated heterocycles. The number of rotatable bonds is 2. The minimum Gasteiger partial charge on any atom is -0.398 e. The zero-order valence-corrected chi connectivity index (χ0v) is 10.4. The molecule has 2 N–H and O–H groups in total. The topological polar surface area (TPSA) is 43.1 Å². The second-order valence-electron chi connectivity index (χ2n) is 3.43. The highest BCUT2D eigenvalue weighted by atomic mass is 32.2. The molecule has 0 spiro atoms. The van der Waals surface area contributed by atoms with Crippen molar-refractivity contribution in [2.24, 2.45) is 0 Å². The van der Waals surface area contributed by atoms with Gasteiger partial charge >= 0.3 is 0 Å². The lowest BCUT2D eigenvalue weighted by Gasteiger charge is -2.00. The van der Waals surface area contributed by atoms with Crippen molar-refractivity contribution in [3.8, 4) is 11.8 Å². The van der Waals surface area contributed by atoms with Gasteiger partial charge in [-0.25, -0.2) is 0 Å². The summed E-state index contributed by atoms with van der Waals surface area (Å²) in [5, 5.41) is 0.136. The maximum atomic E-state index is 10.7. The molecule has 84 valence electrons. The van der Waals surface area contributed by atoms with Gasteiger partial charge in [-0.1, -0.05) is 35.7 Å². The quantitative estimate of drug-likeness (QED) is 0.485. The third kappa shape index (κ3) is 4.00. The van der Waals surface area contributed by atoms with Crippen molar-refractivity contribution in [2.75, 3.05) is 11.5 Å². The van der Waals surface area contributed by atoms with Gasteiger partial charge in [-0.05, 0) is 18.6 Å². The number of carbonyl (C=O) groups excluding carboxylic acids is 1. The van der Waals surface area contributed by atoms with E-state index in [0.717, 1.165) is 22.6 Å². The molecule has 0 amide bonds. The Balaban J connectivity index is 2.56. The molecule has 0 unspecified atom stereocenters. The van der Waals surface area contributed by atoms with Crippen molar-refractivity contribution in [1.82, 2.24) is 0 Å². The number of benzene rings is 1. The molecule has 0 bridgehead atoms. The van der Waals surface area contributed by atoms with Crippen molar-refractivity contribution in [2.45, 2.75) is 20.3 Å². The van der Waals surface area contributed by atoms with E-state index in [2.05, 4.69) is 11.8 Å². The molecule has 0 radical (unpaired) electrons. The van der Waals surface area contributed by atoms with E-state index < -0.39 is 0 Å². The molecule has 1 rings (SSSR count). The van der Waals surface area contributed by atoms with E-state index in [-0.39, 0.29) is 5.12 Å². The predicted molar refractivity (Wildman–Crippen MR) is 70.2 cm³/mol. The van der Waals surface area contributed by atoms with Gasteiger partial charge in [0.2, 0.25) is 0 Å². The summed E-state index contributed by atoms with van der Waals surface area (Å²) in [6.07, 6.45) is 0.706. The van der Waals surface area contributed by atoms with Gasteiger partial charge in [0.1, 0.15) is 0 Å². The zero-order chi connectivity index (χ0) is 12.0. The fraction of sp³-hybridized carbons (Fsp3) is 0.308. The SMILES string of the molecule is CC(=O)SCCC#Cc1cccc(C)c1N. The standard InChI is InChI=1S/C13H15NOS/c1-10-6-5-8-12(13(10)14)7-3-4-9-16-11(2)15/h5-6,8H,4,9,14H2,1-2H3. The van der Waals surface area contributed by atoms with Crippen LogP contribution in [-0.2, 0) is 4.79 Å². The van der Waals surface area contributed by atoms with Crippen molar-refractivity contribution < 1.29 is 4.79 Å². The molecule has 0 saturated carbocycles. The lowest BCUT2D eigenvalue weighted by molar-refractivity contribution is -0.109. The molecule has 16 heavy (non-hydrogen) atoms. The number of thioether (sulfide) groups is 1. The van der Waals surface area contributed by atoms with Gasteiger partial charge in [0.05, 0.1) is 5.69 Å². The molecule has 0 aliphatic carbocycles. The maximum absolute atomic E-state index is 10.7. The van der Waals surface area contributed by atoms with E-state index in [1.54, 1.807) is 6.92 Å². The highest BCUT2D eigenvalue weighted by Gasteiger charge is 1.97. The predicted octanol–water partition coefficient (Wildman–Crippen LogP) is 2.60. The minimum atomic E-state index is 0.136. The van der Waals surface area contributed by atoms with Crippen molar-refractivity contribution in [1.29, 1.82) is 0 Å². The van der Waals surface area contributed by atoms with Crippen molar-refractivity contribution in [3.63, 3.8) is 0 Å². The summed E-state index contributed by atoms with van der Waals surface area (Å²) in [6, 6.07) is 5.82. The molecule has 0 heterocycles. The van der Waals surface area contributed by atoms with Crippen LogP contribution in [0.5, 0.6) is 0 Å². The second kappa shape index (κ2) is 6.24. The lowest BCUT2D eigenvalue weighted by Crippen LogP contribution is -1.93. The molecule has 0 atom stereocenters. The summed E-state index contributed by atoms with van der Waals surface area (Å²) in [5.74, 6) is 6.79. The number of hydrogen-bond donors (Lipinski definition) is 1. The van der Waals surface area contributed by atoms with Crippen LogP contribution in [0.25, 0.3) is 0 Å². The Bertz CT molecular complexity index is 443. The summed E-state index contributed by atoms with van der Waals surface area (Å²) in [6.45, 7) is 3.53. The largest absolute Gasteiger partial charge is 0.398 e. The third-order valence-electron chi connectivity index (χ3n) is 2.08. The third-order valence-corrected chi connectivity index (χ3v) is 2.89. The first-order chi connectivity index (χ1) is 7.61. The zero-order valence-electron chi connectivity index (χ0n) is 9.54. The van der Waals surface area contributed by atoms with Gasteiger partial charge in [-0.3, -0.25) is 4.79 Å². The molecule has 3 heteroatoms. The number of carbonyl (C=O) groups is 1. The van der Waals surface area contributed by atoms with Gasteiger partial charge in [-0.15, -0.1) is 0 Å². The van der Waals surface area contributed by atoms with Crippen LogP contribution in [0.15, 0.2) is 18.2 Å².